The topological polar surface area (TPSA) is 89.3 Å². The quantitative estimate of drug-likeness (QED) is 0.447. The van der Waals surface area contributed by atoms with E-state index in [0.29, 0.717) is 6.42 Å². The zero-order valence-corrected chi connectivity index (χ0v) is 12.5. The van der Waals surface area contributed by atoms with Gasteiger partial charge in [-0.15, -0.1) is 0 Å². The van der Waals surface area contributed by atoms with Gasteiger partial charge in [-0.1, -0.05) is 38.7 Å². The summed E-state index contributed by atoms with van der Waals surface area (Å²) in [5.41, 5.74) is 5.12. The van der Waals surface area contributed by atoms with Crippen molar-refractivity contribution in [3.63, 3.8) is 0 Å². The molecule has 0 saturated carbocycles. The van der Waals surface area contributed by atoms with Gasteiger partial charge in [0.25, 0.3) is 0 Å². The maximum absolute atomic E-state index is 11.7. The first kappa shape index (κ1) is 18.4. The van der Waals surface area contributed by atoms with Crippen molar-refractivity contribution in [3.8, 4) is 0 Å². The number of primary amides is 1. The maximum atomic E-state index is 11.7. The molecule has 0 aliphatic heterocycles. The van der Waals surface area contributed by atoms with Crippen LogP contribution in [0, 0.1) is 0 Å². The Balaban J connectivity index is 4.11. The van der Waals surface area contributed by atoms with Crippen LogP contribution in [0.4, 0.5) is 0 Å². The van der Waals surface area contributed by atoms with Gasteiger partial charge in [0, 0.05) is 6.42 Å². The molecular weight excluding hydrogens is 256 g/mol. The number of unbranched alkanes of at least 4 members (excludes halogenated alkanes) is 4. The summed E-state index contributed by atoms with van der Waals surface area (Å²) in [5.74, 6) is -0.749. The first-order valence-electron chi connectivity index (χ1n) is 7.22. The third kappa shape index (κ3) is 11.4. The number of nitrogens with two attached hydrogens (primary N) is 1. The molecule has 0 aromatic carbocycles. The highest BCUT2D eigenvalue weighted by Gasteiger charge is 2.12. The fraction of sp³-hybridized carbons (Fsp3) is 0.667. The normalized spacial score (nSPS) is 12.3. The van der Waals surface area contributed by atoms with Crippen molar-refractivity contribution in [3.05, 3.63) is 12.2 Å². The van der Waals surface area contributed by atoms with E-state index in [1.807, 2.05) is 0 Å². The highest BCUT2D eigenvalue weighted by molar-refractivity contribution is 5.87. The Morgan fingerprint density at radius 1 is 1.15 bits per heavy atom. The summed E-state index contributed by atoms with van der Waals surface area (Å²) in [6.45, 7) is 3.55. The van der Waals surface area contributed by atoms with Crippen LogP contribution >= 0.6 is 0 Å². The van der Waals surface area contributed by atoms with E-state index in [9.17, 15) is 14.4 Å². The number of hydrogen-bond donors (Lipinski definition) is 2. The van der Waals surface area contributed by atoms with Crippen molar-refractivity contribution in [2.24, 2.45) is 5.73 Å². The molecule has 0 aromatic heterocycles. The van der Waals surface area contributed by atoms with Crippen molar-refractivity contribution in [2.75, 3.05) is 0 Å². The molecule has 0 aliphatic carbocycles. The molecule has 0 saturated heterocycles. The second-order valence-corrected chi connectivity index (χ2v) is 4.98. The summed E-state index contributed by atoms with van der Waals surface area (Å²) in [5, 5.41) is 2.72. The lowest BCUT2D eigenvalue weighted by atomic mass is 10.1. The van der Waals surface area contributed by atoms with Crippen LogP contribution in [-0.4, -0.2) is 23.6 Å². The molecule has 0 aliphatic rings. The Morgan fingerprint density at radius 3 is 2.35 bits per heavy atom. The van der Waals surface area contributed by atoms with E-state index in [1.165, 1.54) is 31.9 Å². The fourth-order valence-corrected chi connectivity index (χ4v) is 1.80. The average Bonchev–Trinajstić information content (AvgIpc) is 2.35. The summed E-state index contributed by atoms with van der Waals surface area (Å²) in [7, 11) is 0. The number of carbonyl (C=O) groups excluding carboxylic acids is 3. The van der Waals surface area contributed by atoms with Crippen LogP contribution in [-0.2, 0) is 14.4 Å². The van der Waals surface area contributed by atoms with Crippen LogP contribution in [0.25, 0.3) is 0 Å². The lowest BCUT2D eigenvalue weighted by molar-refractivity contribution is -0.122. The first-order valence-corrected chi connectivity index (χ1v) is 7.22. The summed E-state index contributed by atoms with van der Waals surface area (Å²) in [6, 6.07) is -0.500. The van der Waals surface area contributed by atoms with Gasteiger partial charge >= 0.3 is 0 Å². The largest absolute Gasteiger partial charge is 0.370 e. The number of amides is 2. The molecule has 0 heterocycles. The molecular formula is C15H26N2O3. The van der Waals surface area contributed by atoms with Gasteiger partial charge in [0.05, 0.1) is 12.5 Å². The molecule has 5 nitrogen and oxygen atoms in total. The number of carbonyl (C=O) groups is 3. The minimum Gasteiger partial charge on any atom is -0.370 e. The van der Waals surface area contributed by atoms with E-state index in [4.69, 9.17) is 5.73 Å². The second-order valence-electron chi connectivity index (χ2n) is 4.98. The Hall–Kier alpha value is -1.65. The smallest absolute Gasteiger partial charge is 0.220 e. The number of ketones is 1. The van der Waals surface area contributed by atoms with Crippen molar-refractivity contribution in [1.82, 2.24) is 5.32 Å². The molecule has 0 spiro atoms. The molecule has 114 valence electrons. The van der Waals surface area contributed by atoms with Gasteiger partial charge in [0.15, 0.2) is 5.78 Å². The lowest BCUT2D eigenvalue weighted by Gasteiger charge is -2.13. The highest BCUT2D eigenvalue weighted by atomic mass is 16.2. The Kier molecular flexibility index (Phi) is 10.3. The van der Waals surface area contributed by atoms with E-state index in [-0.39, 0.29) is 18.1 Å². The number of nitrogens with one attached hydrogen (secondary N) is 1. The Labute approximate surface area is 121 Å². The van der Waals surface area contributed by atoms with Gasteiger partial charge in [0.1, 0.15) is 0 Å². The zero-order valence-electron chi connectivity index (χ0n) is 12.5. The van der Waals surface area contributed by atoms with Crippen molar-refractivity contribution in [2.45, 2.75) is 64.8 Å². The SMILES string of the molecule is CCCCCCCC(=O)NC(/C=C/C(C)=O)CC(N)=O. The van der Waals surface area contributed by atoms with Crippen LogP contribution < -0.4 is 11.1 Å². The fourth-order valence-electron chi connectivity index (χ4n) is 1.80. The zero-order chi connectivity index (χ0) is 15.4. The molecule has 0 radical (unpaired) electrons. The van der Waals surface area contributed by atoms with Crippen LogP contribution in [0.2, 0.25) is 0 Å². The van der Waals surface area contributed by atoms with Gasteiger partial charge in [-0.2, -0.15) is 0 Å². The minimum atomic E-state index is -0.508. The van der Waals surface area contributed by atoms with Gasteiger partial charge < -0.3 is 11.1 Å². The van der Waals surface area contributed by atoms with Crippen molar-refractivity contribution < 1.29 is 14.4 Å². The predicted molar refractivity (Wildman–Crippen MR) is 78.9 cm³/mol. The van der Waals surface area contributed by atoms with E-state index in [0.717, 1.165) is 19.3 Å². The van der Waals surface area contributed by atoms with Gasteiger partial charge in [-0.25, -0.2) is 0 Å². The summed E-state index contributed by atoms with van der Waals surface area (Å²) >= 11 is 0. The Bertz CT molecular complexity index is 351. The molecule has 3 N–H and O–H groups in total. The number of allylic oxidation sites excluding steroid dienone is 1. The minimum absolute atomic E-state index is 0.00531. The summed E-state index contributed by atoms with van der Waals surface area (Å²) in [6.07, 6.45) is 8.67. The molecule has 0 bridgehead atoms. The number of rotatable bonds is 11. The molecule has 0 rings (SSSR count). The lowest BCUT2D eigenvalue weighted by Crippen LogP contribution is -2.36. The van der Waals surface area contributed by atoms with Crippen LogP contribution in [0.5, 0.6) is 0 Å². The van der Waals surface area contributed by atoms with Crippen LogP contribution in [0.1, 0.15) is 58.8 Å². The maximum Gasteiger partial charge on any atom is 0.220 e. The molecule has 0 fully saturated rings. The van der Waals surface area contributed by atoms with Crippen LogP contribution in [0.3, 0.4) is 0 Å². The molecule has 20 heavy (non-hydrogen) atoms. The van der Waals surface area contributed by atoms with Gasteiger partial charge in [-0.3, -0.25) is 14.4 Å². The first-order chi connectivity index (χ1) is 9.45. The van der Waals surface area contributed by atoms with E-state index in [2.05, 4.69) is 12.2 Å². The standard InChI is InChI=1S/C15H26N2O3/c1-3-4-5-6-7-8-15(20)17-13(11-14(16)19)10-9-12(2)18/h9-10,13H,3-8,11H2,1-2H3,(H2,16,19)(H,17,20)/b10-9+. The van der Waals surface area contributed by atoms with E-state index in [1.54, 1.807) is 0 Å². The molecule has 2 amide bonds. The second kappa shape index (κ2) is 11.2. The summed E-state index contributed by atoms with van der Waals surface area (Å²) < 4.78 is 0. The Morgan fingerprint density at radius 2 is 1.80 bits per heavy atom. The summed E-state index contributed by atoms with van der Waals surface area (Å²) in [4.78, 5) is 33.5. The van der Waals surface area contributed by atoms with Crippen molar-refractivity contribution >= 4 is 17.6 Å². The third-order valence-corrected chi connectivity index (χ3v) is 2.84. The van der Waals surface area contributed by atoms with E-state index >= 15 is 0 Å². The van der Waals surface area contributed by atoms with Gasteiger partial charge in [-0.05, 0) is 19.4 Å². The number of hydrogen-bond acceptors (Lipinski definition) is 3. The molecule has 1 atom stereocenters. The average molecular weight is 282 g/mol. The predicted octanol–water partition coefficient (Wildman–Crippen LogP) is 1.85. The highest BCUT2D eigenvalue weighted by Crippen LogP contribution is 2.05. The molecule has 0 aromatic rings. The monoisotopic (exact) mass is 282 g/mol. The van der Waals surface area contributed by atoms with E-state index < -0.39 is 11.9 Å². The van der Waals surface area contributed by atoms with Gasteiger partial charge in [0.2, 0.25) is 11.8 Å². The van der Waals surface area contributed by atoms with Crippen molar-refractivity contribution in [1.29, 1.82) is 0 Å². The third-order valence-electron chi connectivity index (χ3n) is 2.84. The van der Waals surface area contributed by atoms with Crippen LogP contribution in [0.15, 0.2) is 12.2 Å². The molecule has 1 unspecified atom stereocenters. The molecule has 5 heteroatoms.